The fourth-order valence-corrected chi connectivity index (χ4v) is 5.80. The summed E-state index contributed by atoms with van der Waals surface area (Å²) in [5.74, 6) is -0.154. The van der Waals surface area contributed by atoms with E-state index in [4.69, 9.17) is 4.74 Å². The zero-order valence-corrected chi connectivity index (χ0v) is 21.6. The van der Waals surface area contributed by atoms with Crippen molar-refractivity contribution >= 4 is 17.2 Å². The molecule has 1 N–H and O–H groups in total. The zero-order chi connectivity index (χ0) is 26.1. The molecule has 38 heavy (non-hydrogen) atoms. The van der Waals surface area contributed by atoms with E-state index in [2.05, 4.69) is 43.7 Å². The number of piperazine rings is 1. The van der Waals surface area contributed by atoms with Gasteiger partial charge < -0.3 is 15.0 Å². The number of benzene rings is 1. The Balaban J connectivity index is 1.25. The topological polar surface area (TPSA) is 92.8 Å². The minimum Gasteiger partial charge on any atom is -0.494 e. The molecule has 5 heterocycles. The van der Waals surface area contributed by atoms with Crippen LogP contribution in [-0.4, -0.2) is 80.6 Å². The van der Waals surface area contributed by atoms with E-state index in [1.165, 1.54) is 12.1 Å². The third kappa shape index (κ3) is 3.72. The fourth-order valence-electron chi connectivity index (χ4n) is 5.80. The normalized spacial score (nSPS) is 21.0. The molecule has 7 rings (SSSR count). The van der Waals surface area contributed by atoms with Gasteiger partial charge >= 0.3 is 0 Å². The standard InChI is InChI=1S/C27H29FN8O2/c1-15-6-20(28)19(27(37)30-16-4-5-16)8-22(15)36-13-21(31-32-36)23-10-29-26-9-25(38-3)24(14-35(23)26)34-12-17-7-18(34)11-33(17)2/h6,8-10,13-14,16-18H,4-5,7,11-12H2,1-3H3,(H,30,37). The van der Waals surface area contributed by atoms with Gasteiger partial charge in [0.1, 0.15) is 22.9 Å². The van der Waals surface area contributed by atoms with E-state index in [9.17, 15) is 9.18 Å². The number of amides is 1. The molecule has 0 radical (unpaired) electrons. The summed E-state index contributed by atoms with van der Waals surface area (Å²) in [5, 5.41) is 11.6. The van der Waals surface area contributed by atoms with Gasteiger partial charge in [0.15, 0.2) is 0 Å². The summed E-state index contributed by atoms with van der Waals surface area (Å²) >= 11 is 0. The van der Waals surface area contributed by atoms with Crippen LogP contribution in [0.25, 0.3) is 22.7 Å². The van der Waals surface area contributed by atoms with Gasteiger partial charge in [0.05, 0.1) is 42.1 Å². The lowest BCUT2D eigenvalue weighted by molar-refractivity contribution is 0.0947. The molecule has 2 saturated heterocycles. The van der Waals surface area contributed by atoms with Crippen molar-refractivity contribution in [3.63, 3.8) is 0 Å². The molecule has 2 atom stereocenters. The van der Waals surface area contributed by atoms with Gasteiger partial charge in [-0.25, -0.2) is 14.1 Å². The van der Waals surface area contributed by atoms with Crippen LogP contribution >= 0.6 is 0 Å². The van der Waals surface area contributed by atoms with Crippen molar-refractivity contribution < 1.29 is 13.9 Å². The average Bonchev–Trinajstić information content (AvgIpc) is 3.25. The molecule has 4 aromatic rings. The van der Waals surface area contributed by atoms with Crippen LogP contribution < -0.4 is 15.0 Å². The molecular formula is C27H29FN8O2. The van der Waals surface area contributed by atoms with Crippen LogP contribution in [0.3, 0.4) is 0 Å². The predicted octanol–water partition coefficient (Wildman–Crippen LogP) is 2.82. The van der Waals surface area contributed by atoms with E-state index in [0.29, 0.717) is 29.0 Å². The minimum atomic E-state index is -0.546. The molecule has 10 nitrogen and oxygen atoms in total. The highest BCUT2D eigenvalue weighted by Gasteiger charge is 2.42. The van der Waals surface area contributed by atoms with E-state index in [1.54, 1.807) is 31.1 Å². The number of hydrogen-bond donors (Lipinski definition) is 1. The highest BCUT2D eigenvalue weighted by molar-refractivity contribution is 5.95. The van der Waals surface area contributed by atoms with Gasteiger partial charge in [0.25, 0.3) is 5.91 Å². The Morgan fingerprint density at radius 1 is 1.13 bits per heavy atom. The molecule has 2 aliphatic heterocycles. The number of methoxy groups -OCH3 is 1. The molecule has 11 heteroatoms. The second-order valence-corrected chi connectivity index (χ2v) is 10.6. The number of rotatable bonds is 6. The van der Waals surface area contributed by atoms with E-state index in [1.807, 2.05) is 10.5 Å². The molecule has 1 aliphatic carbocycles. The maximum atomic E-state index is 14.6. The van der Waals surface area contributed by atoms with Crippen molar-refractivity contribution in [2.24, 2.45) is 0 Å². The summed E-state index contributed by atoms with van der Waals surface area (Å²) in [6.07, 6.45) is 8.63. The molecule has 1 saturated carbocycles. The van der Waals surface area contributed by atoms with Gasteiger partial charge in [-0.3, -0.25) is 14.1 Å². The molecule has 3 aliphatic rings. The van der Waals surface area contributed by atoms with Crippen molar-refractivity contribution in [1.29, 1.82) is 0 Å². The summed E-state index contributed by atoms with van der Waals surface area (Å²) in [6.45, 7) is 3.79. The number of pyridine rings is 1. The number of aryl methyl sites for hydroxylation is 1. The predicted molar refractivity (Wildman–Crippen MR) is 139 cm³/mol. The zero-order valence-electron chi connectivity index (χ0n) is 21.6. The molecule has 196 valence electrons. The number of nitrogens with zero attached hydrogens (tertiary/aromatic N) is 7. The molecule has 3 fully saturated rings. The van der Waals surface area contributed by atoms with E-state index < -0.39 is 11.7 Å². The van der Waals surface area contributed by atoms with Gasteiger partial charge in [0.2, 0.25) is 0 Å². The van der Waals surface area contributed by atoms with Crippen molar-refractivity contribution in [2.45, 2.75) is 44.3 Å². The van der Waals surface area contributed by atoms with Gasteiger partial charge in [0, 0.05) is 43.5 Å². The van der Waals surface area contributed by atoms with Crippen LogP contribution in [0.5, 0.6) is 5.75 Å². The average molecular weight is 517 g/mol. The largest absolute Gasteiger partial charge is 0.494 e. The smallest absolute Gasteiger partial charge is 0.254 e. The lowest BCUT2D eigenvalue weighted by Crippen LogP contribution is -2.44. The van der Waals surface area contributed by atoms with E-state index >= 15 is 0 Å². The Bertz CT molecular complexity index is 1570. The van der Waals surface area contributed by atoms with Crippen LogP contribution in [-0.2, 0) is 0 Å². The van der Waals surface area contributed by atoms with Gasteiger partial charge in [-0.05, 0) is 50.9 Å². The first-order chi connectivity index (χ1) is 18.4. The number of nitrogens with one attached hydrogen (secondary N) is 1. The number of ether oxygens (including phenoxy) is 1. The number of aromatic nitrogens is 5. The lowest BCUT2D eigenvalue weighted by Gasteiger charge is -2.34. The third-order valence-corrected chi connectivity index (χ3v) is 8.08. The number of carbonyl (C=O) groups is 1. The number of likely N-dealkylation sites (tertiary alicyclic amines) is 1. The van der Waals surface area contributed by atoms with Crippen molar-refractivity contribution in [3.8, 4) is 22.8 Å². The number of likely N-dealkylation sites (N-methyl/N-ethyl adjacent to an activating group) is 1. The monoisotopic (exact) mass is 516 g/mol. The second kappa shape index (κ2) is 8.52. The lowest BCUT2D eigenvalue weighted by atomic mass is 10.1. The van der Waals surface area contributed by atoms with Gasteiger partial charge in [-0.2, -0.15) is 0 Å². The second-order valence-electron chi connectivity index (χ2n) is 10.6. The molecular weight excluding hydrogens is 487 g/mol. The number of carbonyl (C=O) groups excluding carboxylic acids is 1. The van der Waals surface area contributed by atoms with Crippen LogP contribution in [0, 0.1) is 12.7 Å². The maximum absolute atomic E-state index is 14.6. The Labute approximate surface area is 219 Å². The summed E-state index contributed by atoms with van der Waals surface area (Å²) < 4.78 is 24.0. The Kier molecular flexibility index (Phi) is 5.19. The van der Waals surface area contributed by atoms with Crippen molar-refractivity contribution in [2.75, 3.05) is 32.1 Å². The Morgan fingerprint density at radius 3 is 2.68 bits per heavy atom. The molecule has 3 aromatic heterocycles. The first-order valence-electron chi connectivity index (χ1n) is 13.0. The van der Waals surface area contributed by atoms with Crippen LogP contribution in [0.1, 0.15) is 35.2 Å². The van der Waals surface area contributed by atoms with Crippen LogP contribution in [0.4, 0.5) is 10.1 Å². The van der Waals surface area contributed by atoms with Crippen molar-refractivity contribution in [1.82, 2.24) is 34.6 Å². The highest BCUT2D eigenvalue weighted by Crippen LogP contribution is 2.39. The van der Waals surface area contributed by atoms with Crippen molar-refractivity contribution in [3.05, 3.63) is 53.7 Å². The minimum absolute atomic E-state index is 0.00615. The summed E-state index contributed by atoms with van der Waals surface area (Å²) in [6, 6.07) is 6.01. The van der Waals surface area contributed by atoms with Crippen LogP contribution in [0.2, 0.25) is 0 Å². The first kappa shape index (κ1) is 23.2. The molecule has 2 bridgehead atoms. The van der Waals surface area contributed by atoms with E-state index in [-0.39, 0.29) is 11.6 Å². The molecule has 1 aromatic carbocycles. The summed E-state index contributed by atoms with van der Waals surface area (Å²) in [4.78, 5) is 22.0. The SMILES string of the molecule is COc1cc2ncc(-c3cn(-c4cc(C(=O)NC5CC5)c(F)cc4C)nn3)n2cc1N1CC2CC1CN2C. The molecule has 2 unspecified atom stereocenters. The number of hydrogen-bond acceptors (Lipinski definition) is 7. The number of halogens is 1. The number of fused-ring (bicyclic) bond motifs is 3. The Morgan fingerprint density at radius 2 is 1.97 bits per heavy atom. The third-order valence-electron chi connectivity index (χ3n) is 8.08. The van der Waals surface area contributed by atoms with E-state index in [0.717, 1.165) is 55.1 Å². The molecule has 0 spiro atoms. The Hall–Kier alpha value is -3.99. The number of anilines is 1. The summed E-state index contributed by atoms with van der Waals surface area (Å²) in [7, 11) is 3.88. The summed E-state index contributed by atoms with van der Waals surface area (Å²) in [5.41, 5.74) is 4.43. The highest BCUT2D eigenvalue weighted by atomic mass is 19.1. The number of imidazole rings is 1. The maximum Gasteiger partial charge on any atom is 0.254 e. The molecule has 1 amide bonds. The van der Waals surface area contributed by atoms with Gasteiger partial charge in [-0.1, -0.05) is 5.21 Å². The van der Waals surface area contributed by atoms with Gasteiger partial charge in [-0.15, -0.1) is 5.10 Å². The van der Waals surface area contributed by atoms with Crippen LogP contribution in [0.15, 0.2) is 36.8 Å². The quantitative estimate of drug-likeness (QED) is 0.421. The first-order valence-corrected chi connectivity index (χ1v) is 13.0. The fraction of sp³-hybridized carbons (Fsp3) is 0.407.